The Balaban J connectivity index is 1.32. The predicted octanol–water partition coefficient (Wildman–Crippen LogP) is 4.74. The normalized spacial score (nSPS) is 16.4. The van der Waals surface area contributed by atoms with Crippen molar-refractivity contribution in [3.05, 3.63) is 72.1 Å². The molecule has 0 bridgehead atoms. The molecule has 3 heterocycles. The monoisotopic (exact) mass is 402 g/mol. The Labute approximate surface area is 176 Å². The Bertz CT molecular complexity index is 1080. The van der Waals surface area contributed by atoms with Crippen LogP contribution >= 0.6 is 0 Å². The lowest BCUT2D eigenvalue weighted by atomic mass is 9.82. The smallest absolute Gasteiger partial charge is 0.321 e. The van der Waals surface area contributed by atoms with E-state index in [1.54, 1.807) is 7.11 Å². The molecule has 0 aliphatic carbocycles. The molecule has 3 aromatic rings. The third kappa shape index (κ3) is 3.09. The molecule has 1 saturated heterocycles. The number of hydrogen-bond donors (Lipinski definition) is 2. The number of rotatable bonds is 2. The second kappa shape index (κ2) is 7.13. The summed E-state index contributed by atoms with van der Waals surface area (Å²) in [4.78, 5) is 14.7. The van der Waals surface area contributed by atoms with Crippen molar-refractivity contribution in [2.75, 3.05) is 30.8 Å². The van der Waals surface area contributed by atoms with E-state index in [2.05, 4.69) is 58.7 Å². The number of ether oxygens (including phenoxy) is 1. The summed E-state index contributed by atoms with van der Waals surface area (Å²) >= 11 is 0. The van der Waals surface area contributed by atoms with Gasteiger partial charge in [0.1, 0.15) is 5.75 Å². The van der Waals surface area contributed by atoms with Gasteiger partial charge in [-0.3, -0.25) is 0 Å². The molecule has 1 spiro atoms. The molecule has 2 aromatic carbocycles. The maximum absolute atomic E-state index is 12.8. The van der Waals surface area contributed by atoms with Gasteiger partial charge in [-0.2, -0.15) is 0 Å². The van der Waals surface area contributed by atoms with Gasteiger partial charge in [0.25, 0.3) is 0 Å². The van der Waals surface area contributed by atoms with Crippen LogP contribution in [0.4, 0.5) is 16.2 Å². The van der Waals surface area contributed by atoms with Crippen LogP contribution in [0.15, 0.2) is 60.8 Å². The number of hydrogen-bond acceptors (Lipinski definition) is 3. The summed E-state index contributed by atoms with van der Waals surface area (Å²) in [5.41, 5.74) is 5.48. The number of nitrogens with zero attached hydrogens (tertiary/aromatic N) is 2. The van der Waals surface area contributed by atoms with E-state index in [0.29, 0.717) is 13.1 Å². The second-order valence-electron chi connectivity index (χ2n) is 8.14. The summed E-state index contributed by atoms with van der Waals surface area (Å²) in [5.74, 6) is 0.773. The molecule has 6 nitrogen and oxygen atoms in total. The molecule has 2 N–H and O–H groups in total. The maximum atomic E-state index is 12.8. The van der Waals surface area contributed by atoms with E-state index < -0.39 is 0 Å². The number of benzene rings is 2. The van der Waals surface area contributed by atoms with Crippen molar-refractivity contribution in [2.45, 2.75) is 25.3 Å². The van der Waals surface area contributed by atoms with Crippen molar-refractivity contribution >= 4 is 17.4 Å². The van der Waals surface area contributed by atoms with Gasteiger partial charge >= 0.3 is 6.03 Å². The standard InChI is InChI=1S/C24H26N4O2/c1-17-5-10-21-20(16-17)26-24(22-4-3-13-28(21)22)11-14-27(15-12-24)23(29)25-18-6-8-19(30-2)9-7-18/h3-10,13,16,26H,11-12,14-15H2,1-2H3,(H,25,29). The Kier molecular flexibility index (Phi) is 4.42. The molecule has 0 radical (unpaired) electrons. The lowest BCUT2D eigenvalue weighted by molar-refractivity contribution is 0.174. The predicted molar refractivity (Wildman–Crippen MR) is 119 cm³/mol. The number of piperidine rings is 1. The summed E-state index contributed by atoms with van der Waals surface area (Å²) in [6.45, 7) is 3.51. The first-order valence-electron chi connectivity index (χ1n) is 10.3. The van der Waals surface area contributed by atoms with E-state index in [-0.39, 0.29) is 11.6 Å². The molecule has 5 rings (SSSR count). The van der Waals surface area contributed by atoms with Crippen LogP contribution in [0.3, 0.4) is 0 Å². The Morgan fingerprint density at radius 3 is 2.60 bits per heavy atom. The molecular weight excluding hydrogens is 376 g/mol. The minimum atomic E-state index is -0.152. The van der Waals surface area contributed by atoms with Gasteiger partial charge in [-0.15, -0.1) is 0 Å². The minimum absolute atomic E-state index is 0.0579. The molecule has 1 aromatic heterocycles. The van der Waals surface area contributed by atoms with Crippen molar-refractivity contribution in [3.63, 3.8) is 0 Å². The fraction of sp³-hybridized carbons (Fsp3) is 0.292. The van der Waals surface area contributed by atoms with Gasteiger partial charge in [-0.25, -0.2) is 4.79 Å². The summed E-state index contributed by atoms with van der Waals surface area (Å²) in [6.07, 6.45) is 3.86. The number of anilines is 2. The van der Waals surface area contributed by atoms with Crippen LogP contribution in [0, 0.1) is 6.92 Å². The third-order valence-electron chi connectivity index (χ3n) is 6.27. The molecule has 2 aliphatic heterocycles. The quantitative estimate of drug-likeness (QED) is 0.651. The van der Waals surface area contributed by atoms with Gasteiger partial charge in [-0.05, 0) is 73.9 Å². The highest BCUT2D eigenvalue weighted by atomic mass is 16.5. The van der Waals surface area contributed by atoms with E-state index in [1.165, 1.54) is 16.9 Å². The summed E-state index contributed by atoms with van der Waals surface area (Å²) in [7, 11) is 1.63. The van der Waals surface area contributed by atoms with Gasteiger partial charge in [0.05, 0.1) is 24.0 Å². The fourth-order valence-electron chi connectivity index (χ4n) is 4.61. The van der Waals surface area contributed by atoms with Crippen molar-refractivity contribution in [3.8, 4) is 11.4 Å². The van der Waals surface area contributed by atoms with Crippen molar-refractivity contribution < 1.29 is 9.53 Å². The van der Waals surface area contributed by atoms with Gasteiger partial charge in [0, 0.05) is 30.7 Å². The zero-order valence-corrected chi connectivity index (χ0v) is 17.3. The van der Waals surface area contributed by atoms with E-state index in [4.69, 9.17) is 4.74 Å². The zero-order chi connectivity index (χ0) is 20.7. The lowest BCUT2D eigenvalue weighted by Crippen LogP contribution is -2.51. The van der Waals surface area contributed by atoms with Gasteiger partial charge in [-0.1, -0.05) is 6.07 Å². The molecule has 0 atom stereocenters. The topological polar surface area (TPSA) is 58.5 Å². The molecule has 2 aliphatic rings. The molecule has 1 fully saturated rings. The summed E-state index contributed by atoms with van der Waals surface area (Å²) in [6, 6.07) is 18.2. The number of likely N-dealkylation sites (tertiary alicyclic amines) is 1. The SMILES string of the molecule is COc1ccc(NC(=O)N2CCC3(CC2)Nc2cc(C)ccc2-n2cccc23)cc1. The Morgan fingerprint density at radius 1 is 1.10 bits per heavy atom. The van der Waals surface area contributed by atoms with Crippen LogP contribution in [0.5, 0.6) is 5.75 Å². The Morgan fingerprint density at radius 2 is 1.87 bits per heavy atom. The first kappa shape index (κ1) is 18.6. The second-order valence-corrected chi connectivity index (χ2v) is 8.14. The number of methoxy groups -OCH3 is 1. The molecule has 30 heavy (non-hydrogen) atoms. The number of nitrogens with one attached hydrogen (secondary N) is 2. The van der Waals surface area contributed by atoms with Crippen LogP contribution in [0.2, 0.25) is 0 Å². The van der Waals surface area contributed by atoms with Crippen molar-refractivity contribution in [2.24, 2.45) is 0 Å². The molecule has 154 valence electrons. The lowest BCUT2D eigenvalue weighted by Gasteiger charge is -2.46. The van der Waals surface area contributed by atoms with E-state index in [1.807, 2.05) is 29.2 Å². The Hall–Kier alpha value is -3.41. The highest BCUT2D eigenvalue weighted by Crippen LogP contribution is 2.43. The number of aromatic nitrogens is 1. The van der Waals surface area contributed by atoms with Crippen LogP contribution in [0.1, 0.15) is 24.1 Å². The summed E-state index contributed by atoms with van der Waals surface area (Å²) < 4.78 is 7.47. The van der Waals surface area contributed by atoms with Crippen molar-refractivity contribution in [1.29, 1.82) is 0 Å². The molecule has 2 amide bonds. The molecule has 0 saturated carbocycles. The maximum Gasteiger partial charge on any atom is 0.321 e. The van der Waals surface area contributed by atoms with Crippen LogP contribution < -0.4 is 15.4 Å². The average molecular weight is 402 g/mol. The molecule has 0 unspecified atom stereocenters. The summed E-state index contributed by atoms with van der Waals surface area (Å²) in [5, 5.41) is 6.82. The number of carbonyl (C=O) groups is 1. The van der Waals surface area contributed by atoms with Gasteiger partial charge in [0.2, 0.25) is 0 Å². The fourth-order valence-corrected chi connectivity index (χ4v) is 4.61. The van der Waals surface area contributed by atoms with Crippen LogP contribution in [0.25, 0.3) is 5.69 Å². The van der Waals surface area contributed by atoms with Crippen molar-refractivity contribution in [1.82, 2.24) is 9.47 Å². The van der Waals surface area contributed by atoms with Gasteiger partial charge < -0.3 is 24.8 Å². The molecular formula is C24H26N4O2. The van der Waals surface area contributed by atoms with Crippen LogP contribution in [-0.2, 0) is 5.54 Å². The van der Waals surface area contributed by atoms with E-state index in [0.717, 1.165) is 30.0 Å². The first-order chi connectivity index (χ1) is 14.6. The highest BCUT2D eigenvalue weighted by Gasteiger charge is 2.42. The first-order valence-corrected chi connectivity index (χ1v) is 10.3. The zero-order valence-electron chi connectivity index (χ0n) is 17.3. The minimum Gasteiger partial charge on any atom is -0.497 e. The number of carbonyl (C=O) groups excluding carboxylic acids is 1. The number of fused-ring (bicyclic) bond motifs is 4. The number of amides is 2. The third-order valence-corrected chi connectivity index (χ3v) is 6.27. The molecule has 6 heteroatoms. The number of urea groups is 1. The van der Waals surface area contributed by atoms with Crippen LogP contribution in [-0.4, -0.2) is 35.7 Å². The largest absolute Gasteiger partial charge is 0.497 e. The number of aryl methyl sites for hydroxylation is 1. The van der Waals surface area contributed by atoms with E-state index in [9.17, 15) is 4.79 Å². The van der Waals surface area contributed by atoms with Gasteiger partial charge in [0.15, 0.2) is 0 Å². The highest BCUT2D eigenvalue weighted by molar-refractivity contribution is 5.89. The average Bonchev–Trinajstić information content (AvgIpc) is 3.26. The van der Waals surface area contributed by atoms with E-state index >= 15 is 0 Å².